The zero-order valence-electron chi connectivity index (χ0n) is 14.9. The molecule has 0 fully saturated rings. The fourth-order valence-corrected chi connectivity index (χ4v) is 2.77. The maximum absolute atomic E-state index is 12.1. The molecular weight excluding hydrogens is 400 g/mol. The lowest BCUT2D eigenvalue weighted by Gasteiger charge is -2.11. The fourth-order valence-electron chi connectivity index (χ4n) is 2.20. The smallest absolute Gasteiger partial charge is 0.271 e. The fraction of sp³-hybridized carbons (Fsp3) is 0.263. The first-order chi connectivity index (χ1) is 12.6. The van der Waals surface area contributed by atoms with Gasteiger partial charge in [0.05, 0.1) is 31.0 Å². The van der Waals surface area contributed by atoms with Crippen LogP contribution in [0.4, 0.5) is 0 Å². The molecule has 0 aliphatic carbocycles. The minimum atomic E-state index is -0.304. The van der Waals surface area contributed by atoms with Crippen molar-refractivity contribution in [3.8, 4) is 17.2 Å². The van der Waals surface area contributed by atoms with Crippen molar-refractivity contribution in [2.24, 2.45) is 5.10 Å². The summed E-state index contributed by atoms with van der Waals surface area (Å²) >= 11 is 3.45. The van der Waals surface area contributed by atoms with E-state index in [9.17, 15) is 4.79 Å². The molecule has 2 rings (SSSR count). The van der Waals surface area contributed by atoms with Crippen molar-refractivity contribution in [2.45, 2.75) is 13.8 Å². The normalized spacial score (nSPS) is 10.6. The standard InChI is InChI=1S/C19H21BrN2O4/c1-4-25-15-8-6-14(7-9-15)19(23)22-21-12-13-10-16(20)18(26-5-2)17(11-13)24-3/h6-12H,4-5H2,1-3H3,(H,22,23)/b21-12+. The van der Waals surface area contributed by atoms with Crippen molar-refractivity contribution in [1.29, 1.82) is 0 Å². The molecular formula is C19H21BrN2O4. The molecule has 0 bridgehead atoms. The van der Waals surface area contributed by atoms with Gasteiger partial charge < -0.3 is 14.2 Å². The van der Waals surface area contributed by atoms with Gasteiger partial charge in [0, 0.05) is 5.56 Å². The topological polar surface area (TPSA) is 69.2 Å². The third-order valence-corrected chi connectivity index (χ3v) is 3.94. The van der Waals surface area contributed by atoms with Crippen molar-refractivity contribution < 1.29 is 19.0 Å². The molecule has 0 atom stereocenters. The second-order valence-electron chi connectivity index (χ2n) is 5.12. The summed E-state index contributed by atoms with van der Waals surface area (Å²) in [6.07, 6.45) is 1.54. The van der Waals surface area contributed by atoms with Crippen LogP contribution in [0.25, 0.3) is 0 Å². The summed E-state index contributed by atoms with van der Waals surface area (Å²) < 4.78 is 17.0. The maximum atomic E-state index is 12.1. The molecule has 7 heteroatoms. The van der Waals surface area contributed by atoms with Crippen LogP contribution in [-0.2, 0) is 0 Å². The Bertz CT molecular complexity index is 776. The second kappa shape index (κ2) is 9.82. The van der Waals surface area contributed by atoms with Crippen LogP contribution in [-0.4, -0.2) is 32.4 Å². The van der Waals surface area contributed by atoms with Gasteiger partial charge in [-0.25, -0.2) is 5.43 Å². The number of halogens is 1. The minimum absolute atomic E-state index is 0.304. The van der Waals surface area contributed by atoms with Crippen LogP contribution in [0.5, 0.6) is 17.2 Å². The number of benzene rings is 2. The number of hydrogen-bond acceptors (Lipinski definition) is 5. The Morgan fingerprint density at radius 3 is 2.46 bits per heavy atom. The van der Waals surface area contributed by atoms with Gasteiger partial charge in [-0.3, -0.25) is 4.79 Å². The minimum Gasteiger partial charge on any atom is -0.494 e. The molecule has 0 aliphatic rings. The summed E-state index contributed by atoms with van der Waals surface area (Å²) in [7, 11) is 1.57. The van der Waals surface area contributed by atoms with Crippen LogP contribution in [0, 0.1) is 0 Å². The molecule has 0 aliphatic heterocycles. The summed E-state index contributed by atoms with van der Waals surface area (Å²) in [5.74, 6) is 1.63. The Labute approximate surface area is 161 Å². The lowest BCUT2D eigenvalue weighted by molar-refractivity contribution is 0.0955. The van der Waals surface area contributed by atoms with E-state index in [1.807, 2.05) is 19.9 Å². The zero-order valence-corrected chi connectivity index (χ0v) is 16.5. The number of carbonyl (C=O) groups is 1. The van der Waals surface area contributed by atoms with Crippen molar-refractivity contribution in [2.75, 3.05) is 20.3 Å². The molecule has 0 radical (unpaired) electrons. The van der Waals surface area contributed by atoms with Crippen LogP contribution >= 0.6 is 15.9 Å². The molecule has 1 N–H and O–H groups in total. The molecule has 2 aromatic carbocycles. The Balaban J connectivity index is 2.05. The maximum Gasteiger partial charge on any atom is 0.271 e. The average molecular weight is 421 g/mol. The van der Waals surface area contributed by atoms with Gasteiger partial charge in [0.25, 0.3) is 5.91 Å². The zero-order chi connectivity index (χ0) is 18.9. The summed E-state index contributed by atoms with van der Waals surface area (Å²) in [6, 6.07) is 10.5. The first-order valence-corrected chi connectivity index (χ1v) is 8.94. The van der Waals surface area contributed by atoms with Gasteiger partial charge >= 0.3 is 0 Å². The Morgan fingerprint density at radius 2 is 1.85 bits per heavy atom. The first-order valence-electron chi connectivity index (χ1n) is 8.15. The van der Waals surface area contributed by atoms with E-state index in [-0.39, 0.29) is 5.91 Å². The molecule has 0 saturated heterocycles. The molecule has 138 valence electrons. The quantitative estimate of drug-likeness (QED) is 0.517. The lowest BCUT2D eigenvalue weighted by Crippen LogP contribution is -2.17. The summed E-state index contributed by atoms with van der Waals surface area (Å²) in [6.45, 7) is 4.92. The van der Waals surface area contributed by atoms with Crippen LogP contribution in [0.15, 0.2) is 46.0 Å². The SMILES string of the molecule is CCOc1ccc(C(=O)N/N=C/c2cc(Br)c(OCC)c(OC)c2)cc1. The van der Waals surface area contributed by atoms with Gasteiger partial charge in [-0.15, -0.1) is 0 Å². The van der Waals surface area contributed by atoms with E-state index < -0.39 is 0 Å². The van der Waals surface area contributed by atoms with E-state index in [1.165, 1.54) is 6.21 Å². The molecule has 0 heterocycles. The van der Waals surface area contributed by atoms with E-state index in [1.54, 1.807) is 37.4 Å². The van der Waals surface area contributed by atoms with Gasteiger partial charge in [0.2, 0.25) is 0 Å². The predicted molar refractivity (Wildman–Crippen MR) is 105 cm³/mol. The van der Waals surface area contributed by atoms with Crippen molar-refractivity contribution in [3.05, 3.63) is 52.0 Å². The van der Waals surface area contributed by atoms with Gasteiger partial charge in [-0.2, -0.15) is 5.10 Å². The molecule has 1 amide bonds. The van der Waals surface area contributed by atoms with Gasteiger partial charge in [-0.1, -0.05) is 0 Å². The largest absolute Gasteiger partial charge is 0.494 e. The van der Waals surface area contributed by atoms with Crippen molar-refractivity contribution in [3.63, 3.8) is 0 Å². The number of hydrogen-bond donors (Lipinski definition) is 1. The van der Waals surface area contributed by atoms with Gasteiger partial charge in [0.15, 0.2) is 11.5 Å². The molecule has 6 nitrogen and oxygen atoms in total. The number of hydrazone groups is 1. The highest BCUT2D eigenvalue weighted by molar-refractivity contribution is 9.10. The number of amides is 1. The van der Waals surface area contributed by atoms with Crippen molar-refractivity contribution >= 4 is 28.1 Å². The third-order valence-electron chi connectivity index (χ3n) is 3.35. The molecule has 0 spiro atoms. The number of rotatable bonds is 8. The Morgan fingerprint density at radius 1 is 1.15 bits per heavy atom. The van der Waals surface area contributed by atoms with Crippen molar-refractivity contribution in [1.82, 2.24) is 5.43 Å². The highest BCUT2D eigenvalue weighted by Crippen LogP contribution is 2.36. The number of nitrogens with zero attached hydrogens (tertiary/aromatic N) is 1. The highest BCUT2D eigenvalue weighted by Gasteiger charge is 2.10. The van der Waals surface area contributed by atoms with E-state index in [2.05, 4.69) is 26.5 Å². The van der Waals surface area contributed by atoms with Crippen LogP contribution in [0.2, 0.25) is 0 Å². The molecule has 26 heavy (non-hydrogen) atoms. The number of methoxy groups -OCH3 is 1. The Hall–Kier alpha value is -2.54. The number of ether oxygens (including phenoxy) is 3. The molecule has 0 unspecified atom stereocenters. The van der Waals surface area contributed by atoms with Gasteiger partial charge in [-0.05, 0) is 71.7 Å². The van der Waals surface area contributed by atoms with E-state index in [0.29, 0.717) is 30.3 Å². The van der Waals surface area contributed by atoms with E-state index in [4.69, 9.17) is 14.2 Å². The second-order valence-corrected chi connectivity index (χ2v) is 5.98. The summed E-state index contributed by atoms with van der Waals surface area (Å²) in [4.78, 5) is 12.1. The van der Waals surface area contributed by atoms with Crippen LogP contribution in [0.3, 0.4) is 0 Å². The predicted octanol–water partition coefficient (Wildman–Crippen LogP) is 4.02. The van der Waals surface area contributed by atoms with Crippen LogP contribution < -0.4 is 19.6 Å². The van der Waals surface area contributed by atoms with E-state index >= 15 is 0 Å². The number of nitrogens with one attached hydrogen (secondary N) is 1. The Kier molecular flexibility index (Phi) is 7.47. The number of carbonyl (C=O) groups excluding carboxylic acids is 1. The average Bonchev–Trinajstić information content (AvgIpc) is 2.64. The lowest BCUT2D eigenvalue weighted by atomic mass is 10.2. The van der Waals surface area contributed by atoms with E-state index in [0.717, 1.165) is 15.8 Å². The highest BCUT2D eigenvalue weighted by atomic mass is 79.9. The molecule has 2 aromatic rings. The summed E-state index contributed by atoms with van der Waals surface area (Å²) in [5.41, 5.74) is 3.75. The van der Waals surface area contributed by atoms with Gasteiger partial charge in [0.1, 0.15) is 5.75 Å². The molecule has 0 aromatic heterocycles. The third kappa shape index (κ3) is 5.23. The summed E-state index contributed by atoms with van der Waals surface area (Å²) in [5, 5.41) is 4.00. The first kappa shape index (κ1) is 19.8. The molecule has 0 saturated carbocycles. The monoisotopic (exact) mass is 420 g/mol. The van der Waals surface area contributed by atoms with Crippen LogP contribution in [0.1, 0.15) is 29.8 Å².